The molecular weight excluding hydrogens is 164 g/mol. The van der Waals surface area contributed by atoms with Gasteiger partial charge in [-0.3, -0.25) is 0 Å². The van der Waals surface area contributed by atoms with Gasteiger partial charge in [0.25, 0.3) is 0 Å². The predicted molar refractivity (Wildman–Crippen MR) is 54.8 cm³/mol. The van der Waals surface area contributed by atoms with Gasteiger partial charge in [0, 0.05) is 13.1 Å². The molecule has 0 spiro atoms. The van der Waals surface area contributed by atoms with Crippen molar-refractivity contribution in [3.63, 3.8) is 0 Å². The molecule has 0 saturated carbocycles. The summed E-state index contributed by atoms with van der Waals surface area (Å²) in [7, 11) is 1.88. The molecule has 3 nitrogen and oxygen atoms in total. The summed E-state index contributed by atoms with van der Waals surface area (Å²) in [5, 5.41) is 12.6. The second-order valence-corrected chi connectivity index (χ2v) is 3.93. The molecule has 1 atom stereocenters. The number of nitrogens with zero attached hydrogens (tertiary/aromatic N) is 1. The lowest BCUT2D eigenvalue weighted by Crippen LogP contribution is -2.37. The maximum atomic E-state index is 9.59. The minimum Gasteiger partial charge on any atom is -0.390 e. The van der Waals surface area contributed by atoms with Gasteiger partial charge in [0.05, 0.1) is 6.10 Å². The number of aliphatic hydroxyl groups excluding tert-OH is 1. The van der Waals surface area contributed by atoms with Crippen molar-refractivity contribution >= 4 is 0 Å². The van der Waals surface area contributed by atoms with E-state index in [9.17, 15) is 5.11 Å². The summed E-state index contributed by atoms with van der Waals surface area (Å²) in [6.45, 7) is 3.87. The summed E-state index contributed by atoms with van der Waals surface area (Å²) >= 11 is 0. The average Bonchev–Trinajstić information content (AvgIpc) is 2.33. The van der Waals surface area contributed by atoms with E-state index >= 15 is 0 Å². The smallest absolute Gasteiger partial charge is 0.0791 e. The number of β-amino-alcohol motifs (C(OH)–C–C–N with tert-alkyl or cyclic N) is 1. The molecule has 1 aliphatic heterocycles. The van der Waals surface area contributed by atoms with Gasteiger partial charge in [0.2, 0.25) is 0 Å². The Bertz CT molecular complexity index is 122. The summed E-state index contributed by atoms with van der Waals surface area (Å²) in [5.41, 5.74) is 0. The van der Waals surface area contributed by atoms with E-state index in [1.54, 1.807) is 0 Å². The van der Waals surface area contributed by atoms with Crippen molar-refractivity contribution in [3.05, 3.63) is 0 Å². The Morgan fingerprint density at radius 2 is 1.85 bits per heavy atom. The van der Waals surface area contributed by atoms with Crippen LogP contribution < -0.4 is 5.32 Å². The van der Waals surface area contributed by atoms with Crippen molar-refractivity contribution in [1.82, 2.24) is 10.2 Å². The first-order chi connectivity index (χ1) is 6.33. The molecular formula is C10H22N2O. The van der Waals surface area contributed by atoms with E-state index in [2.05, 4.69) is 10.2 Å². The Morgan fingerprint density at radius 3 is 2.38 bits per heavy atom. The number of likely N-dealkylation sites (N-methyl/N-ethyl adjacent to an activating group) is 1. The summed E-state index contributed by atoms with van der Waals surface area (Å²) in [6.07, 6.45) is 5.11. The lowest BCUT2D eigenvalue weighted by atomic mass is 10.2. The van der Waals surface area contributed by atoms with Crippen LogP contribution in [0.25, 0.3) is 0 Å². The number of hydrogen-bond acceptors (Lipinski definition) is 3. The van der Waals surface area contributed by atoms with Crippen LogP contribution in [0.2, 0.25) is 0 Å². The fraction of sp³-hybridized carbons (Fsp3) is 1.00. The van der Waals surface area contributed by atoms with Gasteiger partial charge < -0.3 is 15.3 Å². The van der Waals surface area contributed by atoms with Crippen LogP contribution in [0.3, 0.4) is 0 Å². The molecule has 0 amide bonds. The molecule has 0 aliphatic carbocycles. The monoisotopic (exact) mass is 186 g/mol. The third-order valence-corrected chi connectivity index (χ3v) is 2.61. The maximum Gasteiger partial charge on any atom is 0.0791 e. The van der Waals surface area contributed by atoms with Crippen LogP contribution in [0.15, 0.2) is 0 Å². The number of rotatable bonds is 4. The zero-order chi connectivity index (χ0) is 9.52. The van der Waals surface area contributed by atoms with Crippen LogP contribution in [0.4, 0.5) is 0 Å². The van der Waals surface area contributed by atoms with Gasteiger partial charge in [-0.05, 0) is 33.0 Å². The van der Waals surface area contributed by atoms with Crippen LogP contribution in [-0.2, 0) is 0 Å². The lowest BCUT2D eigenvalue weighted by Gasteiger charge is -2.22. The van der Waals surface area contributed by atoms with E-state index in [1.807, 2.05) is 7.05 Å². The molecule has 3 heteroatoms. The highest BCUT2D eigenvalue weighted by Gasteiger charge is 2.12. The summed E-state index contributed by atoms with van der Waals surface area (Å²) in [5.74, 6) is 0. The molecule has 13 heavy (non-hydrogen) atoms. The highest BCUT2D eigenvalue weighted by atomic mass is 16.3. The second-order valence-electron chi connectivity index (χ2n) is 3.93. The Morgan fingerprint density at radius 1 is 1.23 bits per heavy atom. The van der Waals surface area contributed by atoms with Crippen LogP contribution in [0.1, 0.15) is 25.7 Å². The molecule has 2 N–H and O–H groups in total. The summed E-state index contributed by atoms with van der Waals surface area (Å²) < 4.78 is 0. The minimum atomic E-state index is -0.205. The van der Waals surface area contributed by atoms with Gasteiger partial charge in [0.15, 0.2) is 0 Å². The van der Waals surface area contributed by atoms with Crippen molar-refractivity contribution < 1.29 is 5.11 Å². The zero-order valence-electron chi connectivity index (χ0n) is 8.63. The SMILES string of the molecule is CNCC(O)CN1CCCCCC1. The molecule has 1 aliphatic rings. The van der Waals surface area contributed by atoms with Crippen molar-refractivity contribution in [1.29, 1.82) is 0 Å². The van der Waals surface area contributed by atoms with Crippen molar-refractivity contribution in [2.24, 2.45) is 0 Å². The minimum absolute atomic E-state index is 0.205. The molecule has 0 aromatic carbocycles. The molecule has 1 fully saturated rings. The number of nitrogens with one attached hydrogen (secondary N) is 1. The highest BCUT2D eigenvalue weighted by molar-refractivity contribution is 4.68. The molecule has 0 aromatic rings. The predicted octanol–water partition coefficient (Wildman–Crippen LogP) is 0.443. The van der Waals surface area contributed by atoms with E-state index in [4.69, 9.17) is 0 Å². The normalized spacial score (nSPS) is 22.6. The number of likely N-dealkylation sites (tertiary alicyclic amines) is 1. The van der Waals surface area contributed by atoms with Gasteiger partial charge in [-0.1, -0.05) is 12.8 Å². The Kier molecular flexibility index (Phi) is 5.35. The van der Waals surface area contributed by atoms with Gasteiger partial charge in [-0.25, -0.2) is 0 Å². The third kappa shape index (κ3) is 4.60. The third-order valence-electron chi connectivity index (χ3n) is 2.61. The van der Waals surface area contributed by atoms with Crippen molar-refractivity contribution in [2.45, 2.75) is 31.8 Å². The maximum absolute atomic E-state index is 9.59. The number of hydrogen-bond donors (Lipinski definition) is 2. The zero-order valence-corrected chi connectivity index (χ0v) is 8.63. The molecule has 1 rings (SSSR count). The fourth-order valence-electron chi connectivity index (χ4n) is 1.92. The van der Waals surface area contributed by atoms with E-state index in [1.165, 1.54) is 38.8 Å². The topological polar surface area (TPSA) is 35.5 Å². The lowest BCUT2D eigenvalue weighted by molar-refractivity contribution is 0.115. The van der Waals surface area contributed by atoms with Gasteiger partial charge in [0.1, 0.15) is 0 Å². The standard InChI is InChI=1S/C10H22N2O/c1-11-8-10(13)9-12-6-4-2-3-5-7-12/h10-11,13H,2-9H2,1H3. The molecule has 78 valence electrons. The average molecular weight is 186 g/mol. The molecule has 0 radical (unpaired) electrons. The molecule has 0 bridgehead atoms. The quantitative estimate of drug-likeness (QED) is 0.669. The first-order valence-electron chi connectivity index (χ1n) is 5.38. The van der Waals surface area contributed by atoms with Crippen LogP contribution in [0, 0.1) is 0 Å². The summed E-state index contributed by atoms with van der Waals surface area (Å²) in [4.78, 5) is 2.38. The Hall–Kier alpha value is -0.120. The molecule has 0 aromatic heterocycles. The highest BCUT2D eigenvalue weighted by Crippen LogP contribution is 2.09. The first kappa shape index (κ1) is 11.0. The second kappa shape index (κ2) is 6.35. The Labute approximate surface area is 81.1 Å². The summed E-state index contributed by atoms with van der Waals surface area (Å²) in [6, 6.07) is 0. The number of aliphatic hydroxyl groups is 1. The van der Waals surface area contributed by atoms with Gasteiger partial charge in [-0.15, -0.1) is 0 Å². The Balaban J connectivity index is 2.17. The largest absolute Gasteiger partial charge is 0.390 e. The van der Waals surface area contributed by atoms with Crippen molar-refractivity contribution in [2.75, 3.05) is 33.2 Å². The van der Waals surface area contributed by atoms with Crippen molar-refractivity contribution in [3.8, 4) is 0 Å². The van der Waals surface area contributed by atoms with Crippen LogP contribution >= 0.6 is 0 Å². The van der Waals surface area contributed by atoms with Crippen LogP contribution in [0.5, 0.6) is 0 Å². The van der Waals surface area contributed by atoms with Crippen LogP contribution in [-0.4, -0.2) is 49.3 Å². The van der Waals surface area contributed by atoms with E-state index in [0.29, 0.717) is 6.54 Å². The molecule has 1 saturated heterocycles. The molecule has 1 unspecified atom stereocenters. The van der Waals surface area contributed by atoms with E-state index in [-0.39, 0.29) is 6.10 Å². The van der Waals surface area contributed by atoms with E-state index < -0.39 is 0 Å². The van der Waals surface area contributed by atoms with E-state index in [0.717, 1.165) is 6.54 Å². The van der Waals surface area contributed by atoms with Gasteiger partial charge >= 0.3 is 0 Å². The fourth-order valence-corrected chi connectivity index (χ4v) is 1.92. The van der Waals surface area contributed by atoms with Gasteiger partial charge in [-0.2, -0.15) is 0 Å². The first-order valence-corrected chi connectivity index (χ1v) is 5.38. The molecule has 1 heterocycles.